The van der Waals surface area contributed by atoms with Gasteiger partial charge in [-0.1, -0.05) is 23.4 Å². The molecule has 0 amide bonds. The summed E-state index contributed by atoms with van der Waals surface area (Å²) in [4.78, 5) is 4.12. The molecule has 0 aliphatic heterocycles. The Kier molecular flexibility index (Phi) is 5.47. The van der Waals surface area contributed by atoms with Crippen LogP contribution in [0.3, 0.4) is 0 Å². The molecule has 1 aromatic carbocycles. The number of rotatable bonds is 3. The van der Waals surface area contributed by atoms with Crippen molar-refractivity contribution in [3.8, 4) is 0 Å². The van der Waals surface area contributed by atoms with Gasteiger partial charge >= 0.3 is 0 Å². The minimum Gasteiger partial charge on any atom is -0.370 e. The number of nitrogens with zero attached hydrogens (tertiary/aromatic N) is 2. The Morgan fingerprint density at radius 3 is 2.71 bits per heavy atom. The highest BCUT2D eigenvalue weighted by atomic mass is 127. The van der Waals surface area contributed by atoms with E-state index < -0.39 is 0 Å². The van der Waals surface area contributed by atoms with Crippen molar-refractivity contribution in [3.63, 3.8) is 0 Å². The predicted octanol–water partition coefficient (Wildman–Crippen LogP) is 2.22. The molecule has 17 heavy (non-hydrogen) atoms. The molecule has 0 radical (unpaired) electrons. The molecule has 0 saturated carbocycles. The maximum Gasteiger partial charge on any atom is 0.193 e. The molecule has 0 aliphatic carbocycles. The summed E-state index contributed by atoms with van der Waals surface area (Å²) in [7, 11) is 0. The number of halogens is 1. The first kappa shape index (κ1) is 13.5. The van der Waals surface area contributed by atoms with Crippen LogP contribution in [0.15, 0.2) is 52.2 Å². The molecular formula is C11H13IN4O. The van der Waals surface area contributed by atoms with Gasteiger partial charge in [0.05, 0.1) is 6.54 Å². The topological polar surface area (TPSA) is 76.4 Å². The standard InChI is InChI=1S/C11H12N4O.HI/c12-11(13-8-10-6-7-16-15-10)14-9-4-2-1-3-5-9;/h1-7H,8H2,(H3,12,13,14);1H. The molecule has 0 atom stereocenters. The number of aliphatic imine (C=N–C) groups is 1. The number of benzene rings is 1. The summed E-state index contributed by atoms with van der Waals surface area (Å²) in [6, 6.07) is 11.4. The molecule has 1 heterocycles. The van der Waals surface area contributed by atoms with Gasteiger partial charge < -0.3 is 15.6 Å². The minimum atomic E-state index is 0. The molecule has 0 unspecified atom stereocenters. The Labute approximate surface area is 116 Å². The lowest BCUT2D eigenvalue weighted by molar-refractivity contribution is 0.412. The van der Waals surface area contributed by atoms with Crippen LogP contribution < -0.4 is 11.1 Å². The zero-order valence-corrected chi connectivity index (χ0v) is 11.4. The highest BCUT2D eigenvalue weighted by molar-refractivity contribution is 14.0. The van der Waals surface area contributed by atoms with E-state index in [1.165, 1.54) is 6.26 Å². The third-order valence-electron chi connectivity index (χ3n) is 1.95. The fraction of sp³-hybridized carbons (Fsp3) is 0.0909. The van der Waals surface area contributed by atoms with Crippen molar-refractivity contribution in [2.45, 2.75) is 6.54 Å². The number of nitrogens with two attached hydrogens (primary N) is 1. The molecule has 2 aromatic rings. The van der Waals surface area contributed by atoms with Crippen molar-refractivity contribution in [1.82, 2.24) is 5.16 Å². The molecule has 1 aromatic heterocycles. The number of para-hydroxylation sites is 1. The van der Waals surface area contributed by atoms with Gasteiger partial charge in [0, 0.05) is 11.8 Å². The summed E-state index contributed by atoms with van der Waals surface area (Å²) in [5, 5.41) is 6.70. The van der Waals surface area contributed by atoms with Gasteiger partial charge in [-0.25, -0.2) is 4.99 Å². The lowest BCUT2D eigenvalue weighted by Crippen LogP contribution is -2.22. The van der Waals surface area contributed by atoms with Gasteiger partial charge in [-0.3, -0.25) is 0 Å². The highest BCUT2D eigenvalue weighted by Crippen LogP contribution is 2.04. The van der Waals surface area contributed by atoms with Crippen LogP contribution in [0, 0.1) is 0 Å². The fourth-order valence-electron chi connectivity index (χ4n) is 1.19. The van der Waals surface area contributed by atoms with Crippen LogP contribution in [0.1, 0.15) is 5.69 Å². The summed E-state index contributed by atoms with van der Waals surface area (Å²) in [5.41, 5.74) is 7.36. The molecule has 0 saturated heterocycles. The minimum absolute atomic E-state index is 0. The smallest absolute Gasteiger partial charge is 0.193 e. The summed E-state index contributed by atoms with van der Waals surface area (Å²) in [6.07, 6.45) is 1.51. The average Bonchev–Trinajstić information content (AvgIpc) is 2.81. The number of hydrogen-bond donors (Lipinski definition) is 2. The molecule has 5 nitrogen and oxygen atoms in total. The van der Waals surface area contributed by atoms with Crippen molar-refractivity contribution >= 4 is 35.6 Å². The van der Waals surface area contributed by atoms with Crippen LogP contribution in [0.2, 0.25) is 0 Å². The SMILES string of the molecule is I.NC(=NCc1ccon1)Nc1ccccc1. The molecule has 2 rings (SSSR count). The van der Waals surface area contributed by atoms with E-state index in [0.717, 1.165) is 11.4 Å². The summed E-state index contributed by atoms with van der Waals surface area (Å²) >= 11 is 0. The van der Waals surface area contributed by atoms with E-state index >= 15 is 0 Å². The van der Waals surface area contributed by atoms with Gasteiger partial charge in [0.15, 0.2) is 5.96 Å². The molecule has 3 N–H and O–H groups in total. The van der Waals surface area contributed by atoms with E-state index in [1.54, 1.807) is 6.07 Å². The van der Waals surface area contributed by atoms with Gasteiger partial charge in [-0.15, -0.1) is 24.0 Å². The first-order valence-electron chi connectivity index (χ1n) is 4.86. The molecular weight excluding hydrogens is 331 g/mol. The van der Waals surface area contributed by atoms with E-state index in [4.69, 9.17) is 5.73 Å². The fourth-order valence-corrected chi connectivity index (χ4v) is 1.19. The normalized spacial score (nSPS) is 10.7. The number of hydrogen-bond acceptors (Lipinski definition) is 3. The number of aromatic nitrogens is 1. The van der Waals surface area contributed by atoms with Gasteiger partial charge in [0.25, 0.3) is 0 Å². The quantitative estimate of drug-likeness (QED) is 0.509. The zero-order chi connectivity index (χ0) is 11.2. The molecule has 0 bridgehead atoms. The second kappa shape index (κ2) is 6.89. The summed E-state index contributed by atoms with van der Waals surface area (Å²) in [6.45, 7) is 0.405. The number of guanidine groups is 1. The third kappa shape index (κ3) is 4.43. The third-order valence-corrected chi connectivity index (χ3v) is 1.95. The number of anilines is 1. The Bertz CT molecular complexity index is 456. The summed E-state index contributed by atoms with van der Waals surface area (Å²) in [5.74, 6) is 0.356. The van der Waals surface area contributed by atoms with E-state index in [0.29, 0.717) is 12.5 Å². The van der Waals surface area contributed by atoms with E-state index in [-0.39, 0.29) is 24.0 Å². The van der Waals surface area contributed by atoms with Crippen molar-refractivity contribution in [2.24, 2.45) is 10.7 Å². The van der Waals surface area contributed by atoms with Crippen molar-refractivity contribution in [2.75, 3.05) is 5.32 Å². The molecule has 0 spiro atoms. The lowest BCUT2D eigenvalue weighted by atomic mass is 10.3. The highest BCUT2D eigenvalue weighted by Gasteiger charge is 1.96. The number of nitrogens with one attached hydrogen (secondary N) is 1. The van der Waals surface area contributed by atoms with Crippen molar-refractivity contribution < 1.29 is 4.52 Å². The maximum absolute atomic E-state index is 5.70. The second-order valence-electron chi connectivity index (χ2n) is 3.18. The van der Waals surface area contributed by atoms with Crippen molar-refractivity contribution in [1.29, 1.82) is 0 Å². The van der Waals surface area contributed by atoms with E-state index in [2.05, 4.69) is 20.0 Å². The van der Waals surface area contributed by atoms with Crippen LogP contribution >= 0.6 is 24.0 Å². The van der Waals surface area contributed by atoms with E-state index in [9.17, 15) is 0 Å². The monoisotopic (exact) mass is 344 g/mol. The first-order chi connectivity index (χ1) is 7.84. The Morgan fingerprint density at radius 1 is 1.29 bits per heavy atom. The molecule has 0 aliphatic rings. The second-order valence-corrected chi connectivity index (χ2v) is 3.18. The Morgan fingerprint density at radius 2 is 2.06 bits per heavy atom. The zero-order valence-electron chi connectivity index (χ0n) is 9.04. The Balaban J connectivity index is 0.00000144. The largest absolute Gasteiger partial charge is 0.370 e. The van der Waals surface area contributed by atoms with E-state index in [1.807, 2.05) is 30.3 Å². The predicted molar refractivity (Wildman–Crippen MR) is 77.3 cm³/mol. The molecule has 6 heteroatoms. The Hall–Kier alpha value is -1.57. The average molecular weight is 344 g/mol. The van der Waals surface area contributed by atoms with Crippen LogP contribution in [0.4, 0.5) is 5.69 Å². The van der Waals surface area contributed by atoms with Gasteiger partial charge in [0.2, 0.25) is 0 Å². The summed E-state index contributed by atoms with van der Waals surface area (Å²) < 4.78 is 4.68. The van der Waals surface area contributed by atoms with Gasteiger partial charge in [-0.2, -0.15) is 0 Å². The molecule has 90 valence electrons. The molecule has 0 fully saturated rings. The van der Waals surface area contributed by atoms with Crippen molar-refractivity contribution in [3.05, 3.63) is 48.4 Å². The van der Waals surface area contributed by atoms with Gasteiger partial charge in [0.1, 0.15) is 12.0 Å². The van der Waals surface area contributed by atoms with Crippen LogP contribution in [-0.4, -0.2) is 11.1 Å². The van der Waals surface area contributed by atoms with Crippen LogP contribution in [-0.2, 0) is 6.54 Å². The maximum atomic E-state index is 5.70. The van der Waals surface area contributed by atoms with Gasteiger partial charge in [-0.05, 0) is 12.1 Å². The van der Waals surface area contributed by atoms with Crippen LogP contribution in [0.5, 0.6) is 0 Å². The lowest BCUT2D eigenvalue weighted by Gasteiger charge is -2.03. The van der Waals surface area contributed by atoms with Crippen LogP contribution in [0.25, 0.3) is 0 Å². The first-order valence-corrected chi connectivity index (χ1v) is 4.86.